The summed E-state index contributed by atoms with van der Waals surface area (Å²) in [5.74, 6) is 0.641. The summed E-state index contributed by atoms with van der Waals surface area (Å²) in [5, 5.41) is 0.774. The van der Waals surface area contributed by atoms with Crippen molar-refractivity contribution in [1.29, 1.82) is 0 Å². The molecule has 0 N–H and O–H groups in total. The molecule has 0 amide bonds. The number of ether oxygens (including phenoxy) is 1. The summed E-state index contributed by atoms with van der Waals surface area (Å²) in [4.78, 5) is 0. The zero-order chi connectivity index (χ0) is 10.4. The Hall–Kier alpha value is -0.530. The van der Waals surface area contributed by atoms with E-state index in [9.17, 15) is 0 Å². The SMILES string of the molecule is CCC(C)COCc1ccc(Cl)cc1. The molecule has 0 aliphatic rings. The van der Waals surface area contributed by atoms with Crippen LogP contribution < -0.4 is 0 Å². The van der Waals surface area contributed by atoms with E-state index >= 15 is 0 Å². The van der Waals surface area contributed by atoms with Crippen LogP contribution in [0.3, 0.4) is 0 Å². The molecule has 0 aliphatic heterocycles. The average Bonchev–Trinajstić information content (AvgIpc) is 2.21. The first-order valence-corrected chi connectivity index (χ1v) is 5.42. The third kappa shape index (κ3) is 4.12. The Morgan fingerprint density at radius 1 is 1.29 bits per heavy atom. The molecule has 78 valence electrons. The summed E-state index contributed by atoms with van der Waals surface area (Å²) in [6, 6.07) is 7.78. The first-order valence-electron chi connectivity index (χ1n) is 5.04. The van der Waals surface area contributed by atoms with E-state index in [2.05, 4.69) is 13.8 Å². The predicted octanol–water partition coefficient (Wildman–Crippen LogP) is 3.90. The first kappa shape index (κ1) is 11.5. The van der Waals surface area contributed by atoms with Gasteiger partial charge in [0.1, 0.15) is 0 Å². The lowest BCUT2D eigenvalue weighted by molar-refractivity contribution is 0.0910. The van der Waals surface area contributed by atoms with Gasteiger partial charge in [0.15, 0.2) is 0 Å². The van der Waals surface area contributed by atoms with Gasteiger partial charge in [0.05, 0.1) is 6.61 Å². The average molecular weight is 213 g/mol. The second-order valence-electron chi connectivity index (χ2n) is 3.66. The molecule has 1 aromatic carbocycles. The molecule has 0 saturated carbocycles. The predicted molar refractivity (Wildman–Crippen MR) is 60.6 cm³/mol. The third-order valence-corrected chi connectivity index (χ3v) is 2.53. The van der Waals surface area contributed by atoms with Gasteiger partial charge < -0.3 is 4.74 Å². The van der Waals surface area contributed by atoms with Crippen LogP contribution in [0.1, 0.15) is 25.8 Å². The molecular weight excluding hydrogens is 196 g/mol. The van der Waals surface area contributed by atoms with Crippen molar-refractivity contribution < 1.29 is 4.74 Å². The maximum Gasteiger partial charge on any atom is 0.0717 e. The summed E-state index contributed by atoms with van der Waals surface area (Å²) < 4.78 is 5.57. The van der Waals surface area contributed by atoms with Crippen LogP contribution in [-0.4, -0.2) is 6.61 Å². The Balaban J connectivity index is 2.28. The van der Waals surface area contributed by atoms with Gasteiger partial charge in [-0.3, -0.25) is 0 Å². The van der Waals surface area contributed by atoms with Crippen LogP contribution in [0.25, 0.3) is 0 Å². The van der Waals surface area contributed by atoms with Crippen molar-refractivity contribution >= 4 is 11.6 Å². The van der Waals surface area contributed by atoms with Crippen molar-refractivity contribution in [1.82, 2.24) is 0 Å². The molecule has 14 heavy (non-hydrogen) atoms. The van der Waals surface area contributed by atoms with Gasteiger partial charge in [0, 0.05) is 11.6 Å². The van der Waals surface area contributed by atoms with Gasteiger partial charge >= 0.3 is 0 Å². The highest BCUT2D eigenvalue weighted by Gasteiger charge is 1.98. The molecular formula is C12H17ClO. The lowest BCUT2D eigenvalue weighted by Crippen LogP contribution is -2.04. The highest BCUT2D eigenvalue weighted by atomic mass is 35.5. The second-order valence-corrected chi connectivity index (χ2v) is 4.09. The van der Waals surface area contributed by atoms with Crippen LogP contribution in [0.15, 0.2) is 24.3 Å². The minimum atomic E-state index is 0.641. The Labute approximate surface area is 91.0 Å². The molecule has 2 heteroatoms. The molecule has 0 aromatic heterocycles. The van der Waals surface area contributed by atoms with Gasteiger partial charge in [0.25, 0.3) is 0 Å². The van der Waals surface area contributed by atoms with E-state index in [4.69, 9.17) is 16.3 Å². The molecule has 0 fully saturated rings. The molecule has 0 radical (unpaired) electrons. The summed E-state index contributed by atoms with van der Waals surface area (Å²) in [6.07, 6.45) is 1.17. The van der Waals surface area contributed by atoms with Crippen LogP contribution in [-0.2, 0) is 11.3 Å². The number of hydrogen-bond acceptors (Lipinski definition) is 1. The zero-order valence-corrected chi connectivity index (χ0v) is 9.55. The Bertz CT molecular complexity index is 256. The summed E-state index contributed by atoms with van der Waals surface area (Å²) in [5.41, 5.74) is 1.18. The highest BCUT2D eigenvalue weighted by Crippen LogP contribution is 2.11. The lowest BCUT2D eigenvalue weighted by atomic mass is 10.1. The second kappa shape index (κ2) is 6.05. The maximum atomic E-state index is 5.78. The van der Waals surface area contributed by atoms with Crippen LogP contribution in [0, 0.1) is 5.92 Å². The largest absolute Gasteiger partial charge is 0.376 e. The summed E-state index contributed by atoms with van der Waals surface area (Å²) in [6.45, 7) is 5.89. The van der Waals surface area contributed by atoms with Crippen LogP contribution in [0.4, 0.5) is 0 Å². The molecule has 1 unspecified atom stereocenters. The Morgan fingerprint density at radius 3 is 2.50 bits per heavy atom. The van der Waals surface area contributed by atoms with E-state index < -0.39 is 0 Å². The standard InChI is InChI=1S/C12H17ClO/c1-3-10(2)8-14-9-11-4-6-12(13)7-5-11/h4-7,10H,3,8-9H2,1-2H3. The third-order valence-electron chi connectivity index (χ3n) is 2.28. The van der Waals surface area contributed by atoms with Crippen molar-refractivity contribution in [3.8, 4) is 0 Å². The fraction of sp³-hybridized carbons (Fsp3) is 0.500. The van der Waals surface area contributed by atoms with Crippen molar-refractivity contribution in [2.45, 2.75) is 26.9 Å². The minimum absolute atomic E-state index is 0.641. The van der Waals surface area contributed by atoms with E-state index in [1.165, 1.54) is 12.0 Å². The van der Waals surface area contributed by atoms with Crippen molar-refractivity contribution in [3.63, 3.8) is 0 Å². The molecule has 0 bridgehead atoms. The van der Waals surface area contributed by atoms with E-state index in [1.807, 2.05) is 24.3 Å². The normalized spacial score (nSPS) is 12.8. The number of hydrogen-bond donors (Lipinski definition) is 0. The first-order chi connectivity index (χ1) is 6.72. The van der Waals surface area contributed by atoms with Crippen molar-refractivity contribution in [2.75, 3.05) is 6.61 Å². The van der Waals surface area contributed by atoms with E-state index in [0.29, 0.717) is 12.5 Å². The quantitative estimate of drug-likeness (QED) is 0.719. The molecule has 1 nitrogen and oxygen atoms in total. The Kier molecular flexibility index (Phi) is 4.99. The van der Waals surface area contributed by atoms with E-state index in [-0.39, 0.29) is 0 Å². The lowest BCUT2D eigenvalue weighted by Gasteiger charge is -2.09. The number of halogens is 1. The highest BCUT2D eigenvalue weighted by molar-refractivity contribution is 6.30. The topological polar surface area (TPSA) is 9.23 Å². The maximum absolute atomic E-state index is 5.78. The van der Waals surface area contributed by atoms with Crippen LogP contribution >= 0.6 is 11.6 Å². The molecule has 0 aliphatic carbocycles. The monoisotopic (exact) mass is 212 g/mol. The molecule has 0 saturated heterocycles. The smallest absolute Gasteiger partial charge is 0.0717 e. The van der Waals surface area contributed by atoms with E-state index in [0.717, 1.165) is 11.6 Å². The van der Waals surface area contributed by atoms with Gasteiger partial charge in [-0.1, -0.05) is 44.0 Å². The van der Waals surface area contributed by atoms with Gasteiger partial charge in [-0.05, 0) is 23.6 Å². The van der Waals surface area contributed by atoms with E-state index in [1.54, 1.807) is 0 Å². The summed E-state index contributed by atoms with van der Waals surface area (Å²) in [7, 11) is 0. The molecule has 1 rings (SSSR count). The summed E-state index contributed by atoms with van der Waals surface area (Å²) >= 11 is 5.78. The van der Waals surface area contributed by atoms with Gasteiger partial charge in [-0.15, -0.1) is 0 Å². The van der Waals surface area contributed by atoms with Crippen molar-refractivity contribution in [3.05, 3.63) is 34.9 Å². The van der Waals surface area contributed by atoms with Crippen LogP contribution in [0.5, 0.6) is 0 Å². The van der Waals surface area contributed by atoms with Crippen molar-refractivity contribution in [2.24, 2.45) is 5.92 Å². The van der Waals surface area contributed by atoms with Gasteiger partial charge in [-0.2, -0.15) is 0 Å². The van der Waals surface area contributed by atoms with Gasteiger partial charge in [0.2, 0.25) is 0 Å². The molecule has 0 heterocycles. The fourth-order valence-corrected chi connectivity index (χ4v) is 1.20. The minimum Gasteiger partial charge on any atom is -0.376 e. The molecule has 1 atom stereocenters. The molecule has 0 spiro atoms. The Morgan fingerprint density at radius 2 is 1.93 bits per heavy atom. The fourth-order valence-electron chi connectivity index (χ4n) is 1.08. The van der Waals surface area contributed by atoms with Crippen LogP contribution in [0.2, 0.25) is 5.02 Å². The number of rotatable bonds is 5. The number of benzene rings is 1. The zero-order valence-electron chi connectivity index (χ0n) is 8.79. The molecule has 1 aromatic rings. The van der Waals surface area contributed by atoms with Gasteiger partial charge in [-0.25, -0.2) is 0 Å².